The number of aliphatic imine (C=N–C) groups is 1. The van der Waals surface area contributed by atoms with E-state index in [9.17, 15) is 10.0 Å². The van der Waals surface area contributed by atoms with Crippen LogP contribution in [0, 0.1) is 12.1 Å². The summed E-state index contributed by atoms with van der Waals surface area (Å²) in [6, 6.07) is 1.80. The number of hydroxylamine groups is 2. The third-order valence-electron chi connectivity index (χ3n) is 5.75. The summed E-state index contributed by atoms with van der Waals surface area (Å²) in [7, 11) is 3.22. The minimum atomic E-state index is -0.809. The summed E-state index contributed by atoms with van der Waals surface area (Å²) in [6.45, 7) is 4.05. The highest BCUT2D eigenvalue weighted by molar-refractivity contribution is 5.98. The summed E-state index contributed by atoms with van der Waals surface area (Å²) in [6.07, 6.45) is 1.21. The van der Waals surface area contributed by atoms with Gasteiger partial charge in [-0.2, -0.15) is 0 Å². The predicted octanol–water partition coefficient (Wildman–Crippen LogP) is -0.0877. The molecule has 1 aromatic rings. The van der Waals surface area contributed by atoms with E-state index in [0.717, 1.165) is 16.3 Å². The minimum Gasteiger partial charge on any atom is -0.783 e. The zero-order valence-electron chi connectivity index (χ0n) is 16.4. The second kappa shape index (κ2) is 7.12. The Hall–Kier alpha value is -2.56. The van der Waals surface area contributed by atoms with Crippen LogP contribution in [0.25, 0.3) is 0 Å². The van der Waals surface area contributed by atoms with Gasteiger partial charge in [-0.05, 0) is 44.5 Å². The number of ether oxygens (including phenoxy) is 1. The molecule has 0 aromatic carbocycles. The molecule has 0 saturated carbocycles. The Morgan fingerprint density at radius 1 is 1.32 bits per heavy atom. The molecule has 3 aliphatic rings. The van der Waals surface area contributed by atoms with Crippen molar-refractivity contribution in [2.75, 3.05) is 39.2 Å². The Bertz CT molecular complexity index is 899. The normalized spacial score (nSPS) is 22.8. The van der Waals surface area contributed by atoms with Crippen LogP contribution in [0.5, 0.6) is 0 Å². The molecule has 10 heteroatoms. The molecule has 4 rings (SSSR count). The van der Waals surface area contributed by atoms with Crippen molar-refractivity contribution < 1.29 is 4.74 Å². The van der Waals surface area contributed by atoms with Gasteiger partial charge >= 0.3 is 0 Å². The van der Waals surface area contributed by atoms with Crippen LogP contribution in [0.4, 0.5) is 5.69 Å². The highest BCUT2D eigenvalue weighted by atomic mass is 16.5. The number of piperidine rings is 1. The van der Waals surface area contributed by atoms with Crippen LogP contribution >= 0.6 is 0 Å². The van der Waals surface area contributed by atoms with Gasteiger partial charge in [0.1, 0.15) is 5.69 Å². The predicted molar refractivity (Wildman–Crippen MR) is 107 cm³/mol. The zero-order valence-corrected chi connectivity index (χ0v) is 16.4. The highest BCUT2D eigenvalue weighted by Crippen LogP contribution is 2.39. The minimum absolute atomic E-state index is 0.195. The molecule has 0 radical (unpaired) electrons. The van der Waals surface area contributed by atoms with Gasteiger partial charge in [0.15, 0.2) is 11.7 Å². The van der Waals surface area contributed by atoms with Gasteiger partial charge in [-0.3, -0.25) is 14.4 Å². The van der Waals surface area contributed by atoms with Crippen molar-refractivity contribution in [1.29, 1.82) is 0 Å². The smallest absolute Gasteiger partial charge is 0.276 e. The lowest BCUT2D eigenvalue weighted by Gasteiger charge is -2.46. The van der Waals surface area contributed by atoms with E-state index in [1.165, 1.54) is 0 Å². The lowest BCUT2D eigenvalue weighted by Crippen LogP contribution is -2.53. The van der Waals surface area contributed by atoms with Gasteiger partial charge in [0.05, 0.1) is 19.4 Å². The second-order valence-corrected chi connectivity index (χ2v) is 7.23. The summed E-state index contributed by atoms with van der Waals surface area (Å²) in [4.78, 5) is 17.6. The van der Waals surface area contributed by atoms with Crippen molar-refractivity contribution in [2.45, 2.75) is 32.0 Å². The number of aryl methyl sites for hydroxylation is 1. The Balaban J connectivity index is 1.80. The second-order valence-electron chi connectivity index (χ2n) is 7.23. The molecule has 28 heavy (non-hydrogen) atoms. The number of anilines is 1. The largest absolute Gasteiger partial charge is 0.783 e. The van der Waals surface area contributed by atoms with Gasteiger partial charge in [-0.25, -0.2) is 0 Å². The average molecular weight is 388 g/mol. The van der Waals surface area contributed by atoms with E-state index >= 15 is 0 Å². The molecule has 1 spiro atoms. The Morgan fingerprint density at radius 3 is 2.75 bits per heavy atom. The molecule has 1 saturated heterocycles. The number of hydrogen-bond acceptors (Lipinski definition) is 8. The van der Waals surface area contributed by atoms with E-state index in [1.807, 2.05) is 6.92 Å². The fourth-order valence-electron chi connectivity index (χ4n) is 4.31. The first kappa shape index (κ1) is 18.8. The van der Waals surface area contributed by atoms with Crippen LogP contribution in [0.1, 0.15) is 24.1 Å². The van der Waals surface area contributed by atoms with Gasteiger partial charge in [0.2, 0.25) is 5.76 Å². The number of amidine groups is 1. The van der Waals surface area contributed by atoms with E-state index < -0.39 is 5.66 Å². The van der Waals surface area contributed by atoms with Gasteiger partial charge in [0.25, 0.3) is 5.56 Å². The van der Waals surface area contributed by atoms with Crippen molar-refractivity contribution >= 4 is 11.5 Å². The summed E-state index contributed by atoms with van der Waals surface area (Å²) in [5.74, 6) is 1.66. The van der Waals surface area contributed by atoms with Gasteiger partial charge in [0, 0.05) is 19.3 Å². The molecule has 10 nitrogen and oxygen atoms in total. The third-order valence-corrected chi connectivity index (χ3v) is 5.75. The molecule has 0 amide bonds. The van der Waals surface area contributed by atoms with E-state index in [1.54, 1.807) is 24.8 Å². The van der Waals surface area contributed by atoms with Crippen molar-refractivity contribution in [3.05, 3.63) is 44.5 Å². The number of methoxy groups -OCH3 is 1. The topological polar surface area (TPSA) is 118 Å². The van der Waals surface area contributed by atoms with Crippen molar-refractivity contribution in [3.8, 4) is 0 Å². The Labute approximate surface area is 163 Å². The molecule has 0 aliphatic carbocycles. The van der Waals surface area contributed by atoms with Crippen LogP contribution in [0.3, 0.4) is 0 Å². The molecule has 4 N–H and O–H groups in total. The quantitative estimate of drug-likeness (QED) is 0.568. The maximum atomic E-state index is 13.4. The van der Waals surface area contributed by atoms with E-state index in [-0.39, 0.29) is 12.1 Å². The van der Waals surface area contributed by atoms with Crippen LogP contribution < -0.4 is 26.8 Å². The number of rotatable bonds is 3. The molecular formula is C18H26N7O3-. The first-order valence-electron chi connectivity index (χ1n) is 9.43. The number of nitrogens with one attached hydrogen (secondary N) is 4. The lowest BCUT2D eigenvalue weighted by atomic mass is 9.98. The van der Waals surface area contributed by atoms with Crippen molar-refractivity contribution in [3.63, 3.8) is 0 Å². The summed E-state index contributed by atoms with van der Waals surface area (Å²) in [5, 5.41) is 26.6. The molecule has 152 valence electrons. The first-order valence-corrected chi connectivity index (χ1v) is 9.43. The molecule has 0 unspecified atom stereocenters. The zero-order chi connectivity index (χ0) is 19.9. The lowest BCUT2D eigenvalue weighted by molar-refractivity contribution is 0.0550. The maximum Gasteiger partial charge on any atom is 0.276 e. The fraction of sp³-hybridized carbons (Fsp3) is 0.556. The number of hydrogen-bond donors (Lipinski definition) is 4. The molecule has 0 atom stereocenters. The number of fused-ring (bicyclic) bond motifs is 2. The van der Waals surface area contributed by atoms with Gasteiger partial charge in [-0.15, -0.1) is 0 Å². The van der Waals surface area contributed by atoms with Crippen LogP contribution in [0.2, 0.25) is 0 Å². The van der Waals surface area contributed by atoms with Gasteiger partial charge < -0.3 is 36.3 Å². The maximum absolute atomic E-state index is 13.4. The monoisotopic (exact) mass is 388 g/mol. The fourth-order valence-corrected chi connectivity index (χ4v) is 4.31. The molecular weight excluding hydrogens is 362 g/mol. The molecule has 3 aliphatic heterocycles. The van der Waals surface area contributed by atoms with E-state index in [4.69, 9.17) is 4.74 Å². The van der Waals surface area contributed by atoms with Crippen LogP contribution in [-0.4, -0.2) is 49.4 Å². The Morgan fingerprint density at radius 2 is 2.07 bits per heavy atom. The summed E-state index contributed by atoms with van der Waals surface area (Å²) in [5.41, 5.74) is 1.11. The van der Waals surface area contributed by atoms with Gasteiger partial charge in [-0.1, -0.05) is 0 Å². The average Bonchev–Trinajstić information content (AvgIpc) is 2.98. The van der Waals surface area contributed by atoms with E-state index in [0.29, 0.717) is 55.7 Å². The van der Waals surface area contributed by atoms with E-state index in [2.05, 4.69) is 26.3 Å². The molecule has 0 bridgehead atoms. The van der Waals surface area contributed by atoms with Crippen molar-refractivity contribution in [2.24, 2.45) is 4.99 Å². The highest BCUT2D eigenvalue weighted by Gasteiger charge is 2.43. The standard InChI is InChI=1S/C18H26N7O3/c1-11-8-12(23-16-14(28-3)15(19-2)21-10-22-16)17(26)25-13(11)9-24(27)18(25)4-6-20-7-5-18/h8,20,22-23H,4-7,9-10H2,1-3H3,(H,19,21)/q-1. The SMILES string of the molecule is CN=C1NCNC(Nc2cc(C)c3n(c2=O)C2(CCNCC2)N([O-])C3)=C1OC. The van der Waals surface area contributed by atoms with Crippen molar-refractivity contribution in [1.82, 2.24) is 25.6 Å². The van der Waals surface area contributed by atoms with Crippen LogP contribution in [-0.2, 0) is 16.9 Å². The molecule has 1 aromatic heterocycles. The summed E-state index contributed by atoms with van der Waals surface area (Å²) >= 11 is 0. The third kappa shape index (κ3) is 2.76. The number of pyridine rings is 1. The summed E-state index contributed by atoms with van der Waals surface area (Å²) < 4.78 is 7.16. The van der Waals surface area contributed by atoms with Crippen LogP contribution in [0.15, 0.2) is 27.4 Å². The first-order chi connectivity index (χ1) is 13.5. The molecule has 4 heterocycles. The number of nitrogens with zero attached hydrogens (tertiary/aromatic N) is 3. The Kier molecular flexibility index (Phi) is 4.77. The molecule has 1 fully saturated rings. The number of aromatic nitrogens is 1.